The molecule has 1 N–H and O–H groups in total. The molecule has 6 aromatic carbocycles. The Hall–Kier alpha value is -5.39. The van der Waals surface area contributed by atoms with Crippen molar-refractivity contribution < 1.29 is 19.1 Å². The maximum atomic E-state index is 12.8. The van der Waals surface area contributed by atoms with Crippen LogP contribution in [0.3, 0.4) is 0 Å². The summed E-state index contributed by atoms with van der Waals surface area (Å²) in [6.45, 7) is 14.5. The van der Waals surface area contributed by atoms with Crippen molar-refractivity contribution >= 4 is 34.0 Å². The molecule has 0 aliphatic heterocycles. The molecule has 0 saturated heterocycles. The Morgan fingerprint density at radius 1 is 0.571 bits per heavy atom. The van der Waals surface area contributed by atoms with Crippen LogP contribution in [-0.2, 0) is 22.1 Å². The topological polar surface area (TPSA) is 46.5 Å². The third-order valence-electron chi connectivity index (χ3n) is 10.8. The predicted molar refractivity (Wildman–Crippen MR) is 238 cm³/mol. The van der Waals surface area contributed by atoms with E-state index in [1.165, 1.54) is 27.4 Å². The lowest BCUT2D eigenvalue weighted by Crippen LogP contribution is -2.74. The Balaban J connectivity index is 0.000000218. The van der Waals surface area contributed by atoms with Gasteiger partial charge in [-0.2, -0.15) is 21.9 Å². The van der Waals surface area contributed by atoms with E-state index in [1.807, 2.05) is 47.6 Å². The number of phenolic OH excluding ortho intramolecular Hbond substituents is 1. The number of esters is 1. The fraction of sp³-hybridized carbons (Fsp3) is 0.275. The highest BCUT2D eigenvalue weighted by atomic mass is 16.5. The van der Waals surface area contributed by atoms with Crippen LogP contribution in [0.5, 0.6) is 5.75 Å². The number of aromatic hydroxyl groups is 1. The summed E-state index contributed by atoms with van der Waals surface area (Å²) in [4.78, 5) is 12.8. The molecule has 0 aromatic heterocycles. The van der Waals surface area contributed by atoms with E-state index in [0.717, 1.165) is 35.1 Å². The third kappa shape index (κ3) is 10.3. The van der Waals surface area contributed by atoms with Gasteiger partial charge in [-0.25, -0.2) is 4.79 Å². The first-order valence-corrected chi connectivity index (χ1v) is 19.9. The fourth-order valence-corrected chi connectivity index (χ4v) is 7.91. The minimum atomic E-state index is -1.22. The number of quaternary nitrogens is 1. The van der Waals surface area contributed by atoms with Crippen LogP contribution in [0.2, 0.25) is 0 Å². The number of phenols is 1. The molecule has 0 atom stereocenters. The molecule has 6 aromatic rings. The summed E-state index contributed by atoms with van der Waals surface area (Å²) in [6, 6.07) is 57.5. The molecular formula is C51H60BNO3. The quantitative estimate of drug-likeness (QED) is 0.0624. The molecule has 0 radical (unpaired) electrons. The fourth-order valence-electron chi connectivity index (χ4n) is 7.91. The van der Waals surface area contributed by atoms with Crippen LogP contribution in [0.25, 0.3) is 0 Å². The molecule has 56 heavy (non-hydrogen) atoms. The number of rotatable bonds is 11. The molecule has 0 bridgehead atoms. The number of hydrogen-bond acceptors (Lipinski definition) is 3. The van der Waals surface area contributed by atoms with E-state index in [9.17, 15) is 9.90 Å². The van der Waals surface area contributed by atoms with Gasteiger partial charge in [-0.15, -0.1) is 0 Å². The van der Waals surface area contributed by atoms with Crippen LogP contribution >= 0.6 is 0 Å². The second-order valence-corrected chi connectivity index (χ2v) is 17.7. The Kier molecular flexibility index (Phi) is 13.5. The highest BCUT2D eigenvalue weighted by Gasteiger charge is 2.31. The van der Waals surface area contributed by atoms with Crippen LogP contribution in [0.1, 0.15) is 75.0 Å². The molecule has 0 heterocycles. The summed E-state index contributed by atoms with van der Waals surface area (Å²) in [5.41, 5.74) is 8.15. The highest BCUT2D eigenvalue weighted by molar-refractivity contribution is 7.19. The molecule has 0 aliphatic carbocycles. The molecule has 290 valence electrons. The zero-order chi connectivity index (χ0) is 40.4. The molecule has 5 heteroatoms. The van der Waals surface area contributed by atoms with Gasteiger partial charge in [0.2, 0.25) is 0 Å². The van der Waals surface area contributed by atoms with E-state index >= 15 is 0 Å². The van der Waals surface area contributed by atoms with Gasteiger partial charge >= 0.3 is 5.97 Å². The first kappa shape index (κ1) is 41.8. The van der Waals surface area contributed by atoms with Crippen LogP contribution in [0, 0.1) is 0 Å². The number of nitrogens with zero attached hydrogens (tertiary/aromatic N) is 1. The standard InChI is InChI=1S/C27H39NO3.C24H20B/c1-26(2,3)22-17-21(18-23(24(22)29)27(4,5)6)25(30)31-16-12-15-28(7,8)19-20-13-10-9-11-14-20;1-5-13-21(14-6-1)25(22-15-7-2-8-16-22,23-17-9-3-10-18-23)24-19-11-4-12-20-24/h9-11,13-14,17-18H,12,15-16,19H2,1-8H3;1-20H/q;-1/p+1. The largest absolute Gasteiger partial charge is 0.507 e. The lowest BCUT2D eigenvalue weighted by molar-refractivity contribution is -0.903. The van der Waals surface area contributed by atoms with Gasteiger partial charge in [0, 0.05) is 23.1 Å². The molecule has 0 unspecified atom stereocenters. The van der Waals surface area contributed by atoms with Crippen molar-refractivity contribution in [1.29, 1.82) is 0 Å². The summed E-state index contributed by atoms with van der Waals surface area (Å²) in [5, 5.41) is 10.8. The lowest BCUT2D eigenvalue weighted by atomic mass is 9.13. The average molecular weight is 746 g/mol. The molecule has 6 rings (SSSR count). The maximum absolute atomic E-state index is 12.8. The van der Waals surface area contributed by atoms with E-state index in [4.69, 9.17) is 4.74 Å². The van der Waals surface area contributed by atoms with Crippen molar-refractivity contribution in [1.82, 2.24) is 0 Å². The average Bonchev–Trinajstić information content (AvgIpc) is 3.18. The Labute approximate surface area is 336 Å². The van der Waals surface area contributed by atoms with Gasteiger partial charge in [-0.05, 0) is 23.0 Å². The van der Waals surface area contributed by atoms with Crippen LogP contribution in [0.4, 0.5) is 0 Å². The van der Waals surface area contributed by atoms with Gasteiger partial charge in [0.05, 0.1) is 32.8 Å². The van der Waals surface area contributed by atoms with E-state index in [0.29, 0.717) is 12.2 Å². The van der Waals surface area contributed by atoms with E-state index in [1.54, 1.807) is 12.1 Å². The summed E-state index contributed by atoms with van der Waals surface area (Å²) >= 11 is 0. The normalized spacial score (nSPS) is 12.0. The molecule has 0 fully saturated rings. The van der Waals surface area contributed by atoms with E-state index in [-0.39, 0.29) is 22.5 Å². The van der Waals surface area contributed by atoms with Crippen molar-refractivity contribution in [3.05, 3.63) is 186 Å². The Morgan fingerprint density at radius 2 is 0.911 bits per heavy atom. The van der Waals surface area contributed by atoms with Crippen molar-refractivity contribution in [3.63, 3.8) is 0 Å². The van der Waals surface area contributed by atoms with Gasteiger partial charge < -0.3 is 14.3 Å². The van der Waals surface area contributed by atoms with Crippen molar-refractivity contribution in [2.45, 2.75) is 65.3 Å². The molecular weight excluding hydrogens is 685 g/mol. The molecule has 4 nitrogen and oxygen atoms in total. The summed E-state index contributed by atoms with van der Waals surface area (Å²) in [7, 11) is 4.39. The smallest absolute Gasteiger partial charge is 0.338 e. The van der Waals surface area contributed by atoms with E-state index < -0.39 is 6.15 Å². The zero-order valence-electron chi connectivity index (χ0n) is 34.7. The molecule has 0 amide bonds. The van der Waals surface area contributed by atoms with Gasteiger partial charge in [0.25, 0.3) is 0 Å². The Bertz CT molecular complexity index is 1920. The predicted octanol–water partition coefficient (Wildman–Crippen LogP) is 8.87. The number of ether oxygens (including phenoxy) is 1. The first-order chi connectivity index (χ1) is 26.6. The van der Waals surface area contributed by atoms with Crippen molar-refractivity contribution in [2.75, 3.05) is 27.2 Å². The van der Waals surface area contributed by atoms with Crippen molar-refractivity contribution in [3.8, 4) is 5.75 Å². The lowest BCUT2D eigenvalue weighted by Gasteiger charge is -2.44. The van der Waals surface area contributed by atoms with Gasteiger partial charge in [0.1, 0.15) is 18.4 Å². The summed E-state index contributed by atoms with van der Waals surface area (Å²) in [6.07, 6.45) is -0.422. The number of benzene rings is 6. The van der Waals surface area contributed by atoms with Crippen LogP contribution in [0.15, 0.2) is 164 Å². The zero-order valence-corrected chi connectivity index (χ0v) is 34.7. The maximum Gasteiger partial charge on any atom is 0.338 e. The minimum absolute atomic E-state index is 0.275. The number of hydrogen-bond donors (Lipinski definition) is 1. The van der Waals surface area contributed by atoms with Gasteiger partial charge in [-0.3, -0.25) is 0 Å². The van der Waals surface area contributed by atoms with E-state index in [2.05, 4.69) is 160 Å². The van der Waals surface area contributed by atoms with Crippen molar-refractivity contribution in [2.24, 2.45) is 0 Å². The second-order valence-electron chi connectivity index (χ2n) is 17.7. The first-order valence-electron chi connectivity index (χ1n) is 19.9. The second kappa shape index (κ2) is 18.0. The van der Waals surface area contributed by atoms with Crippen LogP contribution in [-0.4, -0.2) is 49.0 Å². The third-order valence-corrected chi connectivity index (χ3v) is 10.8. The minimum Gasteiger partial charge on any atom is -0.507 e. The molecule has 0 saturated carbocycles. The Morgan fingerprint density at radius 3 is 1.25 bits per heavy atom. The highest BCUT2D eigenvalue weighted by Crippen LogP contribution is 2.40. The number of carbonyl (C=O) groups excluding carboxylic acids is 1. The van der Waals surface area contributed by atoms with Gasteiger partial charge in [0.15, 0.2) is 0 Å². The number of carbonyl (C=O) groups is 1. The SMILES string of the molecule is CC(C)(C)c1cc(C(=O)OCCC[N+](C)(C)Cc2ccccc2)cc(C(C)(C)C)c1O.c1ccc([B-](c2ccccc2)(c2ccccc2)c2ccccc2)cc1. The van der Waals surface area contributed by atoms with Gasteiger partial charge in [-0.1, -0.05) is 193 Å². The monoisotopic (exact) mass is 745 g/mol. The summed E-state index contributed by atoms with van der Waals surface area (Å²) < 4.78 is 6.45. The molecule has 0 aliphatic rings. The summed E-state index contributed by atoms with van der Waals surface area (Å²) in [5.74, 6) is -0.0547. The molecule has 0 spiro atoms. The van der Waals surface area contributed by atoms with Crippen LogP contribution < -0.4 is 21.9 Å².